The number of amides is 1. The number of para-hydroxylation sites is 1. The lowest BCUT2D eigenvalue weighted by molar-refractivity contribution is 0.0925. The summed E-state index contributed by atoms with van der Waals surface area (Å²) in [5.41, 5.74) is 3.39. The van der Waals surface area contributed by atoms with Crippen LogP contribution in [0.5, 0.6) is 0 Å². The topological polar surface area (TPSA) is 37.3 Å². The highest BCUT2D eigenvalue weighted by Gasteiger charge is 2.39. The van der Waals surface area contributed by atoms with Crippen LogP contribution in [0.25, 0.3) is 10.9 Å². The Hall–Kier alpha value is -1.81. The van der Waals surface area contributed by atoms with Crippen LogP contribution in [-0.2, 0) is 13.0 Å². The molecule has 0 spiro atoms. The summed E-state index contributed by atoms with van der Waals surface area (Å²) in [6.07, 6.45) is 3.41. The van der Waals surface area contributed by atoms with Gasteiger partial charge in [0.25, 0.3) is 5.91 Å². The second-order valence-corrected chi connectivity index (χ2v) is 6.98. The summed E-state index contributed by atoms with van der Waals surface area (Å²) >= 11 is 0. The van der Waals surface area contributed by atoms with Crippen molar-refractivity contribution in [3.8, 4) is 0 Å². The molecule has 4 heterocycles. The Morgan fingerprint density at radius 2 is 2.09 bits per heavy atom. The second kappa shape index (κ2) is 4.59. The first-order chi connectivity index (χ1) is 10.8. The van der Waals surface area contributed by atoms with E-state index in [1.54, 1.807) is 0 Å². The van der Waals surface area contributed by atoms with Gasteiger partial charge in [-0.15, -0.1) is 0 Å². The smallest absolute Gasteiger partial charge is 0.254 e. The van der Waals surface area contributed by atoms with E-state index in [2.05, 4.69) is 33.0 Å². The molecule has 2 fully saturated rings. The van der Waals surface area contributed by atoms with Gasteiger partial charge in [-0.3, -0.25) is 4.79 Å². The molecule has 1 aromatic carbocycles. The molecule has 2 aromatic rings. The fourth-order valence-electron chi connectivity index (χ4n) is 4.72. The molecule has 0 aliphatic carbocycles. The van der Waals surface area contributed by atoms with E-state index in [1.807, 2.05) is 6.07 Å². The number of rotatable bonds is 2. The summed E-state index contributed by atoms with van der Waals surface area (Å²) in [6, 6.07) is 8.69. The van der Waals surface area contributed by atoms with Gasteiger partial charge in [0.05, 0.1) is 5.56 Å². The van der Waals surface area contributed by atoms with E-state index >= 15 is 0 Å². The lowest BCUT2D eigenvalue weighted by Crippen LogP contribution is -2.43. The van der Waals surface area contributed by atoms with Crippen LogP contribution in [-0.4, -0.2) is 41.1 Å². The minimum Gasteiger partial charge on any atom is -0.348 e. The van der Waals surface area contributed by atoms with Gasteiger partial charge in [-0.2, -0.15) is 0 Å². The van der Waals surface area contributed by atoms with Crippen molar-refractivity contribution in [3.63, 3.8) is 0 Å². The quantitative estimate of drug-likeness (QED) is 0.920. The number of piperidine rings is 1. The molecule has 22 heavy (non-hydrogen) atoms. The van der Waals surface area contributed by atoms with Gasteiger partial charge in [0.15, 0.2) is 0 Å². The zero-order valence-electron chi connectivity index (χ0n) is 12.7. The first-order valence-corrected chi connectivity index (χ1v) is 8.44. The Kier molecular flexibility index (Phi) is 2.65. The monoisotopic (exact) mass is 295 g/mol. The lowest BCUT2D eigenvalue weighted by Gasteiger charge is -2.23. The average Bonchev–Trinajstić information content (AvgIpc) is 3.27. The Morgan fingerprint density at radius 3 is 2.91 bits per heavy atom. The summed E-state index contributed by atoms with van der Waals surface area (Å²) in [5, 5.41) is 4.46. The molecule has 0 saturated carbocycles. The highest BCUT2D eigenvalue weighted by atomic mass is 16.1. The molecule has 4 heteroatoms. The van der Waals surface area contributed by atoms with Crippen LogP contribution in [0.15, 0.2) is 24.3 Å². The Bertz CT molecular complexity index is 763. The van der Waals surface area contributed by atoms with Crippen molar-refractivity contribution in [1.29, 1.82) is 0 Å². The molecular formula is C18H21N3O. The largest absolute Gasteiger partial charge is 0.348 e. The van der Waals surface area contributed by atoms with Crippen LogP contribution < -0.4 is 5.32 Å². The standard InChI is InChI=1S/C18H21N3O/c22-18(19-14-11-20-9-7-12(14)10-20)17-13-4-1-2-5-15(13)21-8-3-6-16(17)21/h1-2,4-5,12,14H,3,6-11H2,(H,19,22). The van der Waals surface area contributed by atoms with Gasteiger partial charge in [0.1, 0.15) is 0 Å². The first-order valence-electron chi connectivity index (χ1n) is 8.44. The third kappa shape index (κ3) is 1.70. The molecule has 114 valence electrons. The van der Waals surface area contributed by atoms with Crippen LogP contribution in [0, 0.1) is 5.92 Å². The van der Waals surface area contributed by atoms with Crippen molar-refractivity contribution < 1.29 is 4.79 Å². The average molecular weight is 295 g/mol. The number of nitrogens with zero attached hydrogens (tertiary/aromatic N) is 2. The number of fused-ring (bicyclic) bond motifs is 5. The highest BCUT2D eigenvalue weighted by Crippen LogP contribution is 2.32. The van der Waals surface area contributed by atoms with Crippen molar-refractivity contribution >= 4 is 16.8 Å². The Morgan fingerprint density at radius 1 is 1.18 bits per heavy atom. The lowest BCUT2D eigenvalue weighted by atomic mass is 9.99. The van der Waals surface area contributed by atoms with Gasteiger partial charge < -0.3 is 14.8 Å². The van der Waals surface area contributed by atoms with Crippen molar-refractivity contribution in [3.05, 3.63) is 35.5 Å². The minimum atomic E-state index is 0.144. The van der Waals surface area contributed by atoms with Crippen molar-refractivity contribution in [2.24, 2.45) is 5.92 Å². The molecule has 2 bridgehead atoms. The van der Waals surface area contributed by atoms with E-state index in [0.717, 1.165) is 36.9 Å². The van der Waals surface area contributed by atoms with Crippen molar-refractivity contribution in [2.75, 3.05) is 19.6 Å². The molecule has 3 atom stereocenters. The maximum absolute atomic E-state index is 13.0. The van der Waals surface area contributed by atoms with Gasteiger partial charge in [-0.05, 0) is 37.8 Å². The molecule has 5 rings (SSSR count). The Labute approximate surface area is 130 Å². The van der Waals surface area contributed by atoms with Gasteiger partial charge >= 0.3 is 0 Å². The van der Waals surface area contributed by atoms with Gasteiger partial charge in [-0.1, -0.05) is 18.2 Å². The van der Waals surface area contributed by atoms with Crippen LogP contribution in [0.2, 0.25) is 0 Å². The van der Waals surface area contributed by atoms with Gasteiger partial charge in [0, 0.05) is 42.3 Å². The number of aromatic nitrogens is 1. The summed E-state index contributed by atoms with van der Waals surface area (Å²) < 4.78 is 2.34. The third-order valence-corrected chi connectivity index (χ3v) is 5.75. The zero-order valence-corrected chi connectivity index (χ0v) is 12.7. The minimum absolute atomic E-state index is 0.144. The summed E-state index contributed by atoms with van der Waals surface area (Å²) in [5.74, 6) is 0.802. The van der Waals surface area contributed by atoms with Crippen molar-refractivity contribution in [1.82, 2.24) is 14.8 Å². The summed E-state index contributed by atoms with van der Waals surface area (Å²) in [7, 11) is 0. The number of carbonyl (C=O) groups excluding carboxylic acids is 1. The van der Waals surface area contributed by atoms with E-state index in [9.17, 15) is 4.79 Å². The van der Waals surface area contributed by atoms with Crippen LogP contribution in [0.1, 0.15) is 28.9 Å². The fraction of sp³-hybridized carbons (Fsp3) is 0.500. The molecule has 0 radical (unpaired) electrons. The summed E-state index contributed by atoms with van der Waals surface area (Å²) in [4.78, 5) is 15.4. The predicted molar refractivity (Wildman–Crippen MR) is 86.1 cm³/mol. The molecule has 3 aliphatic rings. The first kappa shape index (κ1) is 12.7. The van der Waals surface area contributed by atoms with Crippen molar-refractivity contribution in [2.45, 2.75) is 31.8 Å². The van der Waals surface area contributed by atoms with Crippen LogP contribution in [0.4, 0.5) is 0 Å². The molecular weight excluding hydrogens is 274 g/mol. The number of hydrogen-bond acceptors (Lipinski definition) is 2. The Balaban J connectivity index is 1.52. The molecule has 2 saturated heterocycles. The molecule has 3 unspecified atom stereocenters. The maximum atomic E-state index is 13.0. The number of benzene rings is 1. The van der Waals surface area contributed by atoms with Crippen LogP contribution >= 0.6 is 0 Å². The molecule has 3 aliphatic heterocycles. The number of nitrogens with one attached hydrogen (secondary N) is 1. The third-order valence-electron chi connectivity index (χ3n) is 5.75. The normalized spacial score (nSPS) is 29.2. The highest BCUT2D eigenvalue weighted by molar-refractivity contribution is 6.08. The van der Waals surface area contributed by atoms with E-state index in [-0.39, 0.29) is 5.91 Å². The van der Waals surface area contributed by atoms with E-state index in [0.29, 0.717) is 12.0 Å². The SMILES string of the molecule is O=C(NC1CN2CCC1C2)c1c2n(c3ccccc13)CCC2. The summed E-state index contributed by atoms with van der Waals surface area (Å²) in [6.45, 7) is 4.45. The van der Waals surface area contributed by atoms with Gasteiger partial charge in [0.2, 0.25) is 0 Å². The van der Waals surface area contributed by atoms with Gasteiger partial charge in [-0.25, -0.2) is 0 Å². The van der Waals surface area contributed by atoms with Crippen LogP contribution in [0.3, 0.4) is 0 Å². The number of aryl methyl sites for hydroxylation is 1. The second-order valence-electron chi connectivity index (χ2n) is 6.98. The van der Waals surface area contributed by atoms with E-state index in [1.165, 1.54) is 30.7 Å². The molecule has 1 aromatic heterocycles. The van der Waals surface area contributed by atoms with E-state index in [4.69, 9.17) is 0 Å². The van der Waals surface area contributed by atoms with E-state index < -0.39 is 0 Å². The maximum Gasteiger partial charge on any atom is 0.254 e. The number of hydrogen-bond donors (Lipinski definition) is 1. The molecule has 1 N–H and O–H groups in total. The fourth-order valence-corrected chi connectivity index (χ4v) is 4.72. The number of carbonyl (C=O) groups is 1. The predicted octanol–water partition coefficient (Wildman–Crippen LogP) is 2.02. The molecule has 1 amide bonds. The molecule has 4 nitrogen and oxygen atoms in total. The zero-order chi connectivity index (χ0) is 14.7.